The van der Waals surface area contributed by atoms with E-state index in [0.29, 0.717) is 26.1 Å². The van der Waals surface area contributed by atoms with Crippen molar-refractivity contribution in [1.82, 2.24) is 0 Å². The minimum atomic E-state index is -3.20. The first-order chi connectivity index (χ1) is 14.3. The molecule has 2 fully saturated rings. The van der Waals surface area contributed by atoms with Crippen molar-refractivity contribution in [3.05, 3.63) is 40.0 Å². The van der Waals surface area contributed by atoms with Gasteiger partial charge in [-0.15, -0.1) is 0 Å². The van der Waals surface area contributed by atoms with Crippen LogP contribution in [-0.2, 0) is 32.2 Å². The fraction of sp³-hybridized carbons (Fsp3) is 0.640. The Bertz CT molecular complexity index is 951. The average Bonchev–Trinajstić information content (AvgIpc) is 3.54. The van der Waals surface area contributed by atoms with Crippen LogP contribution >= 0.6 is 0 Å². The highest BCUT2D eigenvalue weighted by atomic mass is 32.2. The molecule has 0 bridgehead atoms. The zero-order valence-electron chi connectivity index (χ0n) is 18.6. The van der Waals surface area contributed by atoms with Gasteiger partial charge in [0.1, 0.15) is 0 Å². The molecule has 1 heterocycles. The van der Waals surface area contributed by atoms with E-state index in [1.165, 1.54) is 16.7 Å². The molecule has 164 valence electrons. The minimum Gasteiger partial charge on any atom is -0.381 e. The van der Waals surface area contributed by atoms with Crippen molar-refractivity contribution in [1.29, 1.82) is 0 Å². The topological polar surface area (TPSA) is 60.4 Å². The summed E-state index contributed by atoms with van der Waals surface area (Å²) >= 11 is 0. The summed E-state index contributed by atoms with van der Waals surface area (Å²) in [5.41, 5.74) is 6.02. The first-order valence-electron chi connectivity index (χ1n) is 11.5. The van der Waals surface area contributed by atoms with Gasteiger partial charge in [0.05, 0.1) is 11.0 Å². The number of carbonyl (C=O) groups is 1. The Hall–Kier alpha value is -1.46. The Morgan fingerprint density at radius 1 is 1.03 bits per heavy atom. The van der Waals surface area contributed by atoms with E-state index in [4.69, 9.17) is 4.74 Å². The number of Topliss-reactive ketones (excluding diaryl/α,β-unsaturated/α-hetero) is 1. The number of ether oxygens (including phenoxy) is 1. The van der Waals surface area contributed by atoms with Crippen LogP contribution in [-0.4, -0.2) is 38.4 Å². The molecule has 2 aliphatic carbocycles. The fourth-order valence-corrected chi connectivity index (χ4v) is 7.26. The van der Waals surface area contributed by atoms with Crippen molar-refractivity contribution < 1.29 is 17.9 Å². The first kappa shape index (κ1) is 21.8. The summed E-state index contributed by atoms with van der Waals surface area (Å²) in [4.78, 5) is 13.7. The standard InChI is InChI=1S/C25H34O4S/c1-4-18-12-17(3)13-19(5-2)23(18)24-20(16-30(27,28)21-6-7-21)14-25(15-22(24)26)8-10-29-11-9-25/h12-13,21H,4-11,14-16H2,1-3H3. The maximum atomic E-state index is 13.7. The Morgan fingerprint density at radius 3 is 2.17 bits per heavy atom. The van der Waals surface area contributed by atoms with E-state index >= 15 is 0 Å². The SMILES string of the molecule is CCc1cc(C)cc(CC)c1C1=C(CS(=O)(=O)C2CC2)CC2(CCOCC2)CC1=O. The van der Waals surface area contributed by atoms with E-state index in [2.05, 4.69) is 32.9 Å². The number of rotatable bonds is 6. The van der Waals surface area contributed by atoms with Crippen LogP contribution in [0.3, 0.4) is 0 Å². The predicted octanol–water partition coefficient (Wildman–Crippen LogP) is 4.61. The van der Waals surface area contributed by atoms with Crippen molar-refractivity contribution in [2.24, 2.45) is 5.41 Å². The first-order valence-corrected chi connectivity index (χ1v) is 13.2. The lowest BCUT2D eigenvalue weighted by atomic mass is 9.65. The van der Waals surface area contributed by atoms with Crippen LogP contribution < -0.4 is 0 Å². The van der Waals surface area contributed by atoms with E-state index in [9.17, 15) is 13.2 Å². The number of hydrogen-bond acceptors (Lipinski definition) is 4. The maximum Gasteiger partial charge on any atom is 0.164 e. The molecule has 1 saturated heterocycles. The normalized spacial score (nSPS) is 22.0. The van der Waals surface area contributed by atoms with Crippen molar-refractivity contribution in [3.63, 3.8) is 0 Å². The highest BCUT2D eigenvalue weighted by molar-refractivity contribution is 7.92. The van der Waals surface area contributed by atoms with Crippen molar-refractivity contribution >= 4 is 21.2 Å². The van der Waals surface area contributed by atoms with Gasteiger partial charge < -0.3 is 4.74 Å². The number of carbonyl (C=O) groups excluding carboxylic acids is 1. The maximum absolute atomic E-state index is 13.7. The number of sulfone groups is 1. The monoisotopic (exact) mass is 430 g/mol. The highest BCUT2D eigenvalue weighted by Crippen LogP contribution is 2.49. The predicted molar refractivity (Wildman–Crippen MR) is 120 cm³/mol. The molecule has 0 atom stereocenters. The molecule has 1 saturated carbocycles. The van der Waals surface area contributed by atoms with E-state index in [-0.39, 0.29) is 22.2 Å². The molecular formula is C25H34O4S. The molecule has 1 spiro atoms. The summed E-state index contributed by atoms with van der Waals surface area (Å²) in [6, 6.07) is 4.33. The molecule has 0 aromatic heterocycles. The third kappa shape index (κ3) is 4.16. The fourth-order valence-electron chi connectivity index (χ4n) is 5.44. The third-order valence-electron chi connectivity index (χ3n) is 7.18. The van der Waals surface area contributed by atoms with Gasteiger partial charge in [0.15, 0.2) is 15.6 Å². The lowest BCUT2D eigenvalue weighted by Crippen LogP contribution is -2.37. The van der Waals surface area contributed by atoms with Crippen LogP contribution in [0.2, 0.25) is 0 Å². The molecule has 5 heteroatoms. The van der Waals surface area contributed by atoms with E-state index in [1.807, 2.05) is 0 Å². The molecule has 0 amide bonds. The summed E-state index contributed by atoms with van der Waals surface area (Å²) in [6.45, 7) is 7.65. The molecule has 3 aliphatic rings. The summed E-state index contributed by atoms with van der Waals surface area (Å²) in [7, 11) is -3.20. The van der Waals surface area contributed by atoms with E-state index in [1.54, 1.807) is 0 Å². The summed E-state index contributed by atoms with van der Waals surface area (Å²) in [6.07, 6.45) is 6.11. The Balaban J connectivity index is 1.88. The second kappa shape index (κ2) is 8.23. The second-order valence-electron chi connectivity index (χ2n) is 9.54. The zero-order valence-corrected chi connectivity index (χ0v) is 19.4. The largest absolute Gasteiger partial charge is 0.381 e. The zero-order chi connectivity index (χ0) is 21.5. The Labute approximate surface area is 181 Å². The van der Waals surface area contributed by atoms with Crippen LogP contribution in [0.1, 0.15) is 74.6 Å². The van der Waals surface area contributed by atoms with Gasteiger partial charge in [0, 0.05) is 25.2 Å². The number of aryl methyl sites for hydroxylation is 3. The van der Waals surface area contributed by atoms with Crippen LogP contribution in [0.4, 0.5) is 0 Å². The number of allylic oxidation sites excluding steroid dienone is 1. The average molecular weight is 431 g/mol. The van der Waals surface area contributed by atoms with Gasteiger partial charge in [0.2, 0.25) is 0 Å². The molecule has 4 rings (SSSR count). The lowest BCUT2D eigenvalue weighted by Gasteiger charge is -2.41. The lowest BCUT2D eigenvalue weighted by molar-refractivity contribution is -0.118. The number of benzene rings is 1. The summed E-state index contributed by atoms with van der Waals surface area (Å²) < 4.78 is 31.6. The van der Waals surface area contributed by atoms with E-state index < -0.39 is 9.84 Å². The van der Waals surface area contributed by atoms with Gasteiger partial charge in [-0.3, -0.25) is 4.79 Å². The third-order valence-corrected chi connectivity index (χ3v) is 9.41. The van der Waals surface area contributed by atoms with Crippen molar-refractivity contribution in [2.45, 2.75) is 77.4 Å². The van der Waals surface area contributed by atoms with Crippen molar-refractivity contribution in [2.75, 3.05) is 19.0 Å². The number of hydrogen-bond donors (Lipinski definition) is 0. The summed E-state index contributed by atoms with van der Waals surface area (Å²) in [5.74, 6) is 0.180. The molecule has 30 heavy (non-hydrogen) atoms. The van der Waals surface area contributed by atoms with Crippen molar-refractivity contribution in [3.8, 4) is 0 Å². The van der Waals surface area contributed by atoms with Gasteiger partial charge in [-0.1, -0.05) is 31.5 Å². The van der Waals surface area contributed by atoms with Crippen LogP contribution in [0.5, 0.6) is 0 Å². The molecule has 0 radical (unpaired) electrons. The Kier molecular flexibility index (Phi) is 5.97. The van der Waals surface area contributed by atoms with Crippen LogP contribution in [0.25, 0.3) is 5.57 Å². The Morgan fingerprint density at radius 2 is 1.63 bits per heavy atom. The molecule has 1 aromatic rings. The molecular weight excluding hydrogens is 396 g/mol. The smallest absolute Gasteiger partial charge is 0.164 e. The van der Waals surface area contributed by atoms with Crippen LogP contribution in [0, 0.1) is 12.3 Å². The second-order valence-corrected chi connectivity index (χ2v) is 11.8. The highest BCUT2D eigenvalue weighted by Gasteiger charge is 2.44. The van der Waals surface area contributed by atoms with Gasteiger partial charge in [-0.2, -0.15) is 0 Å². The van der Waals surface area contributed by atoms with Gasteiger partial charge in [-0.25, -0.2) is 8.42 Å². The molecule has 0 N–H and O–H groups in total. The molecule has 1 aromatic carbocycles. The van der Waals surface area contributed by atoms with E-state index in [0.717, 1.165) is 55.2 Å². The number of ketones is 1. The van der Waals surface area contributed by atoms with Gasteiger partial charge in [-0.05, 0) is 79.5 Å². The minimum absolute atomic E-state index is 0.0432. The van der Waals surface area contributed by atoms with Crippen LogP contribution in [0.15, 0.2) is 17.7 Å². The summed E-state index contributed by atoms with van der Waals surface area (Å²) in [5, 5.41) is -0.205. The van der Waals surface area contributed by atoms with Gasteiger partial charge >= 0.3 is 0 Å². The quantitative estimate of drug-likeness (QED) is 0.661. The molecule has 4 nitrogen and oxygen atoms in total. The molecule has 1 aliphatic heterocycles. The molecule has 0 unspecified atom stereocenters. The van der Waals surface area contributed by atoms with Gasteiger partial charge in [0.25, 0.3) is 0 Å².